The lowest BCUT2D eigenvalue weighted by Crippen LogP contribution is -2.40. The monoisotopic (exact) mass is 275 g/mol. The van der Waals surface area contributed by atoms with Crippen LogP contribution < -0.4 is 0 Å². The predicted molar refractivity (Wildman–Crippen MR) is 71.7 cm³/mol. The summed E-state index contributed by atoms with van der Waals surface area (Å²) in [6, 6.07) is 0.671. The van der Waals surface area contributed by atoms with E-state index in [1.54, 1.807) is 0 Å². The maximum atomic E-state index is 3.75. The molecule has 2 heteroatoms. The molecule has 0 N–H and O–H groups in total. The van der Waals surface area contributed by atoms with Gasteiger partial charge >= 0.3 is 0 Å². The van der Waals surface area contributed by atoms with Crippen LogP contribution in [0.1, 0.15) is 52.4 Å². The Morgan fingerprint density at radius 3 is 2.07 bits per heavy atom. The maximum absolute atomic E-state index is 3.75. The first-order chi connectivity index (χ1) is 7.09. The van der Waals surface area contributed by atoms with Crippen LogP contribution in [0.4, 0.5) is 0 Å². The molecule has 0 heterocycles. The lowest BCUT2D eigenvalue weighted by Gasteiger charge is -2.36. The van der Waals surface area contributed by atoms with E-state index in [0.29, 0.717) is 11.5 Å². The van der Waals surface area contributed by atoms with Crippen LogP contribution in [0.15, 0.2) is 0 Å². The van der Waals surface area contributed by atoms with E-state index in [2.05, 4.69) is 41.7 Å². The lowest BCUT2D eigenvalue weighted by atomic mass is 9.82. The van der Waals surface area contributed by atoms with Gasteiger partial charge in [0.25, 0.3) is 0 Å². The predicted octanol–water partition coefficient (Wildman–Crippen LogP) is 4.06. The fraction of sp³-hybridized carbons (Fsp3) is 1.00. The summed E-state index contributed by atoms with van der Waals surface area (Å²) in [5.41, 5.74) is 0.551. The molecule has 1 fully saturated rings. The molecule has 0 aliphatic heterocycles. The zero-order valence-electron chi connectivity index (χ0n) is 10.6. The van der Waals surface area contributed by atoms with Crippen LogP contribution in [0, 0.1) is 5.41 Å². The highest BCUT2D eigenvalue weighted by Crippen LogP contribution is 2.37. The van der Waals surface area contributed by atoms with E-state index >= 15 is 0 Å². The van der Waals surface area contributed by atoms with Crippen LogP contribution >= 0.6 is 15.9 Å². The minimum Gasteiger partial charge on any atom is -0.303 e. The second-order valence-corrected chi connectivity index (χ2v) is 6.12. The van der Waals surface area contributed by atoms with Gasteiger partial charge in [0.15, 0.2) is 0 Å². The van der Waals surface area contributed by atoms with Crippen LogP contribution in [-0.4, -0.2) is 29.9 Å². The van der Waals surface area contributed by atoms with Gasteiger partial charge in [-0.05, 0) is 39.2 Å². The van der Waals surface area contributed by atoms with Crippen molar-refractivity contribution in [3.8, 4) is 0 Å². The number of rotatable bonds is 4. The SMILES string of the molecule is CC(C)N(C)CC1(CBr)CCCCCC1. The molecule has 1 saturated carbocycles. The fourth-order valence-electron chi connectivity index (χ4n) is 2.52. The summed E-state index contributed by atoms with van der Waals surface area (Å²) in [5.74, 6) is 0. The Labute approximate surface area is 104 Å². The summed E-state index contributed by atoms with van der Waals surface area (Å²) >= 11 is 3.75. The highest BCUT2D eigenvalue weighted by Gasteiger charge is 2.31. The summed E-state index contributed by atoms with van der Waals surface area (Å²) in [7, 11) is 2.26. The first-order valence-corrected chi connectivity index (χ1v) is 7.48. The summed E-state index contributed by atoms with van der Waals surface area (Å²) in [6.07, 6.45) is 8.57. The third kappa shape index (κ3) is 4.07. The third-order valence-electron chi connectivity index (χ3n) is 3.91. The Balaban J connectivity index is 2.57. The smallest absolute Gasteiger partial charge is 0.0100 e. The second-order valence-electron chi connectivity index (χ2n) is 5.56. The molecule has 1 aliphatic rings. The Kier molecular flexibility index (Phi) is 5.62. The molecule has 0 aromatic heterocycles. The molecule has 0 bridgehead atoms. The highest BCUT2D eigenvalue weighted by molar-refractivity contribution is 9.09. The molecule has 1 nitrogen and oxygen atoms in total. The largest absolute Gasteiger partial charge is 0.303 e. The molecule has 0 unspecified atom stereocenters. The Bertz CT molecular complexity index is 171. The fourth-order valence-corrected chi connectivity index (χ4v) is 3.26. The Morgan fingerprint density at radius 1 is 1.13 bits per heavy atom. The van der Waals surface area contributed by atoms with E-state index in [0.717, 1.165) is 0 Å². The zero-order valence-corrected chi connectivity index (χ0v) is 12.1. The number of alkyl halides is 1. The van der Waals surface area contributed by atoms with Gasteiger partial charge in [0.05, 0.1) is 0 Å². The molecule has 0 spiro atoms. The van der Waals surface area contributed by atoms with E-state index in [9.17, 15) is 0 Å². The quantitative estimate of drug-likeness (QED) is 0.553. The molecule has 0 aromatic carbocycles. The van der Waals surface area contributed by atoms with Crippen molar-refractivity contribution in [2.24, 2.45) is 5.41 Å². The van der Waals surface area contributed by atoms with Crippen molar-refractivity contribution in [1.82, 2.24) is 4.90 Å². The maximum Gasteiger partial charge on any atom is 0.0100 e. The van der Waals surface area contributed by atoms with Crippen molar-refractivity contribution in [2.45, 2.75) is 58.4 Å². The number of hydrogen-bond donors (Lipinski definition) is 0. The van der Waals surface area contributed by atoms with E-state index in [-0.39, 0.29) is 0 Å². The van der Waals surface area contributed by atoms with E-state index in [4.69, 9.17) is 0 Å². The van der Waals surface area contributed by atoms with Crippen molar-refractivity contribution in [1.29, 1.82) is 0 Å². The van der Waals surface area contributed by atoms with Crippen LogP contribution in [0.5, 0.6) is 0 Å². The zero-order chi connectivity index (χ0) is 11.3. The molecule has 90 valence electrons. The molecule has 0 atom stereocenters. The van der Waals surface area contributed by atoms with Gasteiger partial charge in [0, 0.05) is 17.9 Å². The van der Waals surface area contributed by atoms with Crippen molar-refractivity contribution in [2.75, 3.05) is 18.9 Å². The van der Waals surface area contributed by atoms with Crippen molar-refractivity contribution in [3.05, 3.63) is 0 Å². The Hall–Kier alpha value is 0.440. The van der Waals surface area contributed by atoms with E-state index < -0.39 is 0 Å². The van der Waals surface area contributed by atoms with Gasteiger partial charge in [-0.1, -0.05) is 41.6 Å². The van der Waals surface area contributed by atoms with Gasteiger partial charge in [0.1, 0.15) is 0 Å². The van der Waals surface area contributed by atoms with Crippen molar-refractivity contribution < 1.29 is 0 Å². The highest BCUT2D eigenvalue weighted by atomic mass is 79.9. The molecule has 15 heavy (non-hydrogen) atoms. The van der Waals surface area contributed by atoms with Crippen LogP contribution in [0.25, 0.3) is 0 Å². The minimum absolute atomic E-state index is 0.551. The average molecular weight is 276 g/mol. The van der Waals surface area contributed by atoms with E-state index in [1.165, 1.54) is 50.4 Å². The summed E-state index contributed by atoms with van der Waals surface area (Å²) in [5, 5.41) is 1.18. The van der Waals surface area contributed by atoms with Gasteiger partial charge < -0.3 is 4.90 Å². The molecular weight excluding hydrogens is 250 g/mol. The molecule has 0 amide bonds. The number of hydrogen-bond acceptors (Lipinski definition) is 1. The summed E-state index contributed by atoms with van der Waals surface area (Å²) in [6.45, 7) is 5.84. The molecule has 1 rings (SSSR count). The summed E-state index contributed by atoms with van der Waals surface area (Å²) in [4.78, 5) is 2.51. The van der Waals surface area contributed by atoms with Gasteiger partial charge in [0.2, 0.25) is 0 Å². The van der Waals surface area contributed by atoms with Gasteiger partial charge in [-0.2, -0.15) is 0 Å². The first kappa shape index (κ1) is 13.5. The van der Waals surface area contributed by atoms with Crippen molar-refractivity contribution in [3.63, 3.8) is 0 Å². The summed E-state index contributed by atoms with van der Waals surface area (Å²) < 4.78 is 0. The van der Waals surface area contributed by atoms with Crippen LogP contribution in [0.3, 0.4) is 0 Å². The average Bonchev–Trinajstić information content (AvgIpc) is 2.44. The van der Waals surface area contributed by atoms with Crippen LogP contribution in [-0.2, 0) is 0 Å². The minimum atomic E-state index is 0.551. The second kappa shape index (κ2) is 6.24. The third-order valence-corrected chi connectivity index (χ3v) is 5.10. The molecule has 1 aliphatic carbocycles. The standard InChI is InChI=1S/C13H26BrN/c1-12(2)15(3)11-13(10-14)8-6-4-5-7-9-13/h12H,4-11H2,1-3H3. The van der Waals surface area contributed by atoms with Gasteiger partial charge in [-0.15, -0.1) is 0 Å². The number of nitrogens with zero attached hydrogens (tertiary/aromatic N) is 1. The molecule has 0 saturated heterocycles. The van der Waals surface area contributed by atoms with E-state index in [1.807, 2.05) is 0 Å². The lowest BCUT2D eigenvalue weighted by molar-refractivity contribution is 0.150. The number of halogens is 1. The molecular formula is C13H26BrN. The van der Waals surface area contributed by atoms with Gasteiger partial charge in [-0.25, -0.2) is 0 Å². The Morgan fingerprint density at radius 2 is 1.67 bits per heavy atom. The molecule has 0 radical (unpaired) electrons. The topological polar surface area (TPSA) is 3.24 Å². The normalized spacial score (nSPS) is 22.0. The van der Waals surface area contributed by atoms with Gasteiger partial charge in [-0.3, -0.25) is 0 Å². The van der Waals surface area contributed by atoms with Crippen molar-refractivity contribution >= 4 is 15.9 Å². The van der Waals surface area contributed by atoms with Crippen LogP contribution in [0.2, 0.25) is 0 Å². The first-order valence-electron chi connectivity index (χ1n) is 6.36. The molecule has 0 aromatic rings.